The van der Waals surface area contributed by atoms with Crippen LogP contribution in [0.4, 0.5) is 5.69 Å². The number of anilines is 1. The quantitative estimate of drug-likeness (QED) is 0.422. The maximum absolute atomic E-state index is 12.7. The molecule has 1 amide bonds. The molecule has 8 nitrogen and oxygen atoms in total. The van der Waals surface area contributed by atoms with Gasteiger partial charge in [0, 0.05) is 23.7 Å². The molecule has 0 saturated heterocycles. The van der Waals surface area contributed by atoms with Crippen LogP contribution in [0, 0.1) is 0 Å². The molecule has 1 heterocycles. The second-order valence-corrected chi connectivity index (χ2v) is 7.49. The van der Waals surface area contributed by atoms with Gasteiger partial charge in [0.1, 0.15) is 12.2 Å². The van der Waals surface area contributed by atoms with Crippen molar-refractivity contribution in [3.8, 4) is 11.5 Å². The van der Waals surface area contributed by atoms with Crippen LogP contribution in [0.3, 0.4) is 0 Å². The molecule has 8 heteroatoms. The normalized spacial score (nSPS) is 14.3. The second kappa shape index (κ2) is 8.41. The zero-order valence-corrected chi connectivity index (χ0v) is 17.4. The molecule has 2 aromatic carbocycles. The van der Waals surface area contributed by atoms with Gasteiger partial charge in [-0.3, -0.25) is 4.79 Å². The Hall–Kier alpha value is -3.36. The Bertz CT molecular complexity index is 1170. The molecule has 1 saturated carbocycles. The average molecular weight is 424 g/mol. The third kappa shape index (κ3) is 4.26. The average Bonchev–Trinajstić information content (AvgIpc) is 3.52. The highest BCUT2D eigenvalue weighted by Crippen LogP contribution is 2.42. The van der Waals surface area contributed by atoms with Gasteiger partial charge in [-0.05, 0) is 48.7 Å². The molecule has 0 spiro atoms. The van der Waals surface area contributed by atoms with Crippen LogP contribution < -0.4 is 26.1 Å². The van der Waals surface area contributed by atoms with Crippen molar-refractivity contribution in [2.75, 3.05) is 32.8 Å². The lowest BCUT2D eigenvalue weighted by Crippen LogP contribution is -2.21. The van der Waals surface area contributed by atoms with E-state index in [9.17, 15) is 9.59 Å². The van der Waals surface area contributed by atoms with Crippen LogP contribution in [0.1, 0.15) is 28.8 Å². The Morgan fingerprint density at radius 1 is 1.13 bits per heavy atom. The summed E-state index contributed by atoms with van der Waals surface area (Å²) in [5.41, 5.74) is 6.87. The Morgan fingerprint density at radius 2 is 1.87 bits per heavy atom. The summed E-state index contributed by atoms with van der Waals surface area (Å²) in [6.07, 6.45) is 1.91. The lowest BCUT2D eigenvalue weighted by atomic mass is 10.1. The minimum atomic E-state index is -0.773. The fraction of sp³-hybridized carbons (Fsp3) is 0.304. The minimum Gasteiger partial charge on any atom is -0.493 e. The van der Waals surface area contributed by atoms with Gasteiger partial charge >= 0.3 is 5.63 Å². The first-order valence-corrected chi connectivity index (χ1v) is 9.92. The van der Waals surface area contributed by atoms with E-state index >= 15 is 0 Å². The van der Waals surface area contributed by atoms with Gasteiger partial charge in [0.15, 0.2) is 11.3 Å². The number of rotatable bonds is 8. The summed E-state index contributed by atoms with van der Waals surface area (Å²) in [5, 5.41) is 3.26. The number of carbonyl (C=O) groups is 1. The van der Waals surface area contributed by atoms with Crippen LogP contribution in [0.5, 0.6) is 11.5 Å². The van der Waals surface area contributed by atoms with E-state index in [1.54, 1.807) is 31.4 Å². The predicted molar refractivity (Wildman–Crippen MR) is 116 cm³/mol. The van der Waals surface area contributed by atoms with Gasteiger partial charge in [-0.1, -0.05) is 12.1 Å². The molecule has 31 heavy (non-hydrogen) atoms. The van der Waals surface area contributed by atoms with Gasteiger partial charge in [-0.15, -0.1) is 0 Å². The Kier molecular flexibility index (Phi) is 5.67. The van der Waals surface area contributed by atoms with Gasteiger partial charge in [0.05, 0.1) is 13.7 Å². The van der Waals surface area contributed by atoms with Crippen molar-refractivity contribution in [1.29, 1.82) is 0 Å². The second-order valence-electron chi connectivity index (χ2n) is 7.49. The summed E-state index contributed by atoms with van der Waals surface area (Å²) >= 11 is 0. The predicted octanol–water partition coefficient (Wildman–Crippen LogP) is 3.03. The molecular weight excluding hydrogens is 400 g/mol. The van der Waals surface area contributed by atoms with Crippen molar-refractivity contribution in [3.63, 3.8) is 0 Å². The highest BCUT2D eigenvalue weighted by atomic mass is 16.5. The minimum absolute atomic E-state index is 0.109. The van der Waals surface area contributed by atoms with E-state index in [1.165, 1.54) is 13.2 Å². The molecule has 0 aliphatic heterocycles. The largest absolute Gasteiger partial charge is 0.493 e. The Morgan fingerprint density at radius 3 is 2.52 bits per heavy atom. The van der Waals surface area contributed by atoms with E-state index < -0.39 is 11.5 Å². The summed E-state index contributed by atoms with van der Waals surface area (Å²) in [4.78, 5) is 25.3. The number of carbonyl (C=O) groups excluding carboxylic acids is 1. The fourth-order valence-electron chi connectivity index (χ4n) is 3.33. The van der Waals surface area contributed by atoms with Gasteiger partial charge in [0.25, 0.3) is 5.91 Å². The number of amides is 1. The van der Waals surface area contributed by atoms with Crippen molar-refractivity contribution < 1.29 is 23.4 Å². The summed E-state index contributed by atoms with van der Waals surface area (Å²) < 4.78 is 21.4. The van der Waals surface area contributed by atoms with Crippen LogP contribution in [0.15, 0.2) is 51.7 Å². The molecule has 0 bridgehead atoms. The van der Waals surface area contributed by atoms with E-state index in [1.807, 2.05) is 12.1 Å². The van der Waals surface area contributed by atoms with Crippen LogP contribution in [0.25, 0.3) is 11.0 Å². The molecule has 1 aromatic heterocycles. The fourth-order valence-corrected chi connectivity index (χ4v) is 3.33. The van der Waals surface area contributed by atoms with Crippen LogP contribution in [-0.4, -0.2) is 33.3 Å². The molecule has 1 aliphatic carbocycles. The zero-order valence-electron chi connectivity index (χ0n) is 17.4. The lowest BCUT2D eigenvalue weighted by Gasteiger charge is -2.13. The summed E-state index contributed by atoms with van der Waals surface area (Å²) in [6, 6.07) is 12.2. The SMILES string of the molecule is COCCOc1c(OC)ccc2cc(C(=O)Nc3ccc(C4(N)CC4)cc3)c(=O)oc12. The third-order valence-corrected chi connectivity index (χ3v) is 5.33. The molecule has 0 radical (unpaired) electrons. The van der Waals surface area contributed by atoms with Crippen molar-refractivity contribution in [2.45, 2.75) is 18.4 Å². The molecule has 162 valence electrons. The van der Waals surface area contributed by atoms with Gasteiger partial charge < -0.3 is 29.7 Å². The highest BCUT2D eigenvalue weighted by Gasteiger charge is 2.39. The summed E-state index contributed by atoms with van der Waals surface area (Å²) in [5.74, 6) is 0.139. The molecule has 4 rings (SSSR count). The van der Waals surface area contributed by atoms with Crippen LogP contribution in [-0.2, 0) is 10.3 Å². The van der Waals surface area contributed by atoms with E-state index in [4.69, 9.17) is 24.4 Å². The summed E-state index contributed by atoms with van der Waals surface area (Å²) in [7, 11) is 3.05. The van der Waals surface area contributed by atoms with Gasteiger partial charge in [-0.25, -0.2) is 4.79 Å². The monoisotopic (exact) mass is 424 g/mol. The van der Waals surface area contributed by atoms with Gasteiger partial charge in [0.2, 0.25) is 5.75 Å². The topological polar surface area (TPSA) is 113 Å². The first-order valence-electron chi connectivity index (χ1n) is 9.92. The zero-order chi connectivity index (χ0) is 22.0. The number of hydrogen-bond donors (Lipinski definition) is 2. The van der Waals surface area contributed by atoms with E-state index in [0.29, 0.717) is 23.4 Å². The molecule has 3 N–H and O–H groups in total. The maximum atomic E-state index is 12.7. The number of nitrogens with two attached hydrogens (primary N) is 1. The maximum Gasteiger partial charge on any atom is 0.349 e. The molecule has 0 atom stereocenters. The van der Waals surface area contributed by atoms with Crippen molar-refractivity contribution in [1.82, 2.24) is 0 Å². The lowest BCUT2D eigenvalue weighted by molar-refractivity contribution is 0.102. The number of benzene rings is 2. The number of nitrogens with one attached hydrogen (secondary N) is 1. The molecule has 3 aromatic rings. The third-order valence-electron chi connectivity index (χ3n) is 5.33. The van der Waals surface area contributed by atoms with Crippen molar-refractivity contribution in [2.24, 2.45) is 5.73 Å². The first-order chi connectivity index (χ1) is 14.9. The smallest absolute Gasteiger partial charge is 0.349 e. The van der Waals surface area contributed by atoms with Crippen molar-refractivity contribution >= 4 is 22.6 Å². The van der Waals surface area contributed by atoms with Crippen LogP contribution >= 0.6 is 0 Å². The Balaban J connectivity index is 1.60. The Labute approximate surface area is 178 Å². The van der Waals surface area contributed by atoms with E-state index in [2.05, 4.69) is 5.32 Å². The molecule has 0 unspecified atom stereocenters. The van der Waals surface area contributed by atoms with E-state index in [0.717, 1.165) is 18.4 Å². The number of fused-ring (bicyclic) bond motifs is 1. The van der Waals surface area contributed by atoms with Crippen LogP contribution in [0.2, 0.25) is 0 Å². The molecule has 1 fully saturated rings. The first kappa shape index (κ1) is 20.9. The van der Waals surface area contributed by atoms with E-state index in [-0.39, 0.29) is 29.0 Å². The number of hydrogen-bond acceptors (Lipinski definition) is 7. The number of methoxy groups -OCH3 is 2. The number of ether oxygens (including phenoxy) is 3. The molecule has 1 aliphatic rings. The summed E-state index contributed by atoms with van der Waals surface area (Å²) in [6.45, 7) is 0.604. The van der Waals surface area contributed by atoms with Crippen molar-refractivity contribution in [3.05, 3.63) is 64.0 Å². The highest BCUT2D eigenvalue weighted by molar-refractivity contribution is 6.05. The molecular formula is C23H24N2O6. The van der Waals surface area contributed by atoms with Gasteiger partial charge in [-0.2, -0.15) is 0 Å². The standard InChI is InChI=1S/C23H24N2O6/c1-28-11-12-30-20-18(29-2)8-3-14-13-17(22(27)31-19(14)20)21(26)25-16-6-4-15(5-7-16)23(24)9-10-23/h3-8,13H,9-12,24H2,1-2H3,(H,25,26).